The topological polar surface area (TPSA) is 30.7 Å². The molecule has 0 fully saturated rings. The van der Waals surface area contributed by atoms with Crippen molar-refractivity contribution in [1.82, 2.24) is 14.5 Å². The fourth-order valence-corrected chi connectivity index (χ4v) is 8.63. The molecule has 252 valence electrons. The summed E-state index contributed by atoms with van der Waals surface area (Å²) in [4.78, 5) is 10.3. The summed E-state index contributed by atoms with van der Waals surface area (Å²) < 4.78 is 2.37. The largest absolute Gasteiger partial charge is 0.309 e. The van der Waals surface area contributed by atoms with E-state index in [4.69, 9.17) is 9.97 Å². The molecule has 0 saturated heterocycles. The van der Waals surface area contributed by atoms with Crippen molar-refractivity contribution in [2.75, 3.05) is 0 Å². The summed E-state index contributed by atoms with van der Waals surface area (Å²) >= 11 is 0. The van der Waals surface area contributed by atoms with E-state index in [1.807, 2.05) is 12.1 Å². The molecule has 1 atom stereocenters. The van der Waals surface area contributed by atoms with E-state index in [-0.39, 0.29) is 5.92 Å². The number of hydrogen-bond donors (Lipinski definition) is 0. The van der Waals surface area contributed by atoms with Gasteiger partial charge in [-0.1, -0.05) is 146 Å². The van der Waals surface area contributed by atoms with Gasteiger partial charge in [0.05, 0.1) is 22.2 Å². The molecule has 0 radical (unpaired) electrons. The number of benzene rings is 8. The Kier molecular flexibility index (Phi) is 6.93. The molecule has 0 N–H and O–H groups in total. The molecular weight excluding hydrogens is 655 g/mol. The molecule has 0 bridgehead atoms. The molecule has 2 heterocycles. The lowest BCUT2D eigenvalue weighted by Crippen LogP contribution is -2.01. The maximum Gasteiger partial charge on any atom is 0.160 e. The van der Waals surface area contributed by atoms with Crippen LogP contribution < -0.4 is 0 Å². The van der Waals surface area contributed by atoms with Crippen LogP contribution >= 0.6 is 0 Å². The van der Waals surface area contributed by atoms with Gasteiger partial charge >= 0.3 is 0 Å². The quantitative estimate of drug-likeness (QED) is 0.180. The van der Waals surface area contributed by atoms with E-state index in [1.165, 1.54) is 66.4 Å². The number of nitrogens with zero attached hydrogens (tertiary/aromatic N) is 3. The highest BCUT2D eigenvalue weighted by molar-refractivity contribution is 6.10. The smallest absolute Gasteiger partial charge is 0.160 e. The minimum absolute atomic E-state index is 0.102. The van der Waals surface area contributed by atoms with Crippen LogP contribution in [0, 0.1) is 0 Å². The van der Waals surface area contributed by atoms with Crippen LogP contribution in [-0.4, -0.2) is 14.5 Å². The van der Waals surface area contributed by atoms with Gasteiger partial charge in [0, 0.05) is 38.9 Å². The molecule has 1 aliphatic carbocycles. The zero-order valence-electron chi connectivity index (χ0n) is 29.4. The first-order valence-corrected chi connectivity index (χ1v) is 18.5. The van der Waals surface area contributed by atoms with Crippen molar-refractivity contribution < 1.29 is 0 Å². The molecule has 54 heavy (non-hydrogen) atoms. The van der Waals surface area contributed by atoms with Crippen LogP contribution in [0.3, 0.4) is 0 Å². The molecule has 11 rings (SSSR count). The average Bonchev–Trinajstić information content (AvgIpc) is 3.76. The van der Waals surface area contributed by atoms with Crippen LogP contribution in [0.5, 0.6) is 0 Å². The van der Waals surface area contributed by atoms with Crippen molar-refractivity contribution in [2.24, 2.45) is 0 Å². The van der Waals surface area contributed by atoms with E-state index < -0.39 is 0 Å². The third-order valence-corrected chi connectivity index (χ3v) is 11.1. The van der Waals surface area contributed by atoms with Gasteiger partial charge in [-0.25, -0.2) is 9.97 Å². The minimum Gasteiger partial charge on any atom is -0.309 e. The van der Waals surface area contributed by atoms with Crippen LogP contribution in [0.4, 0.5) is 0 Å². The molecule has 3 heteroatoms. The third kappa shape index (κ3) is 4.83. The summed E-state index contributed by atoms with van der Waals surface area (Å²) in [6.07, 6.45) is 0. The zero-order chi connectivity index (χ0) is 35.6. The Morgan fingerprint density at radius 2 is 1.06 bits per heavy atom. The lowest BCUT2D eigenvalue weighted by molar-refractivity contribution is 1.01. The number of rotatable bonds is 5. The Hall–Kier alpha value is -7.10. The Labute approximate surface area is 313 Å². The Balaban J connectivity index is 1.02. The van der Waals surface area contributed by atoms with Crippen molar-refractivity contribution in [1.29, 1.82) is 0 Å². The molecule has 10 aromatic rings. The average molecular weight is 688 g/mol. The SMILES string of the molecule is c1ccc(-c2nc(-c3cccc(C4c5ccccc5-c5cc(-c6ccc7c(c6)c6ccccc6n7-c6ccccc6)ccc54)c3)nc3ccccc23)cc1. The van der Waals surface area contributed by atoms with Gasteiger partial charge in [-0.3, -0.25) is 0 Å². The summed E-state index contributed by atoms with van der Waals surface area (Å²) in [7, 11) is 0. The molecule has 1 unspecified atom stereocenters. The second kappa shape index (κ2) is 12.3. The van der Waals surface area contributed by atoms with Gasteiger partial charge in [0.15, 0.2) is 5.82 Å². The van der Waals surface area contributed by atoms with E-state index in [0.29, 0.717) is 0 Å². The summed E-state index contributed by atoms with van der Waals surface area (Å²) in [5, 5.41) is 3.57. The summed E-state index contributed by atoms with van der Waals surface area (Å²) in [6.45, 7) is 0. The fraction of sp³-hybridized carbons (Fsp3) is 0.0196. The highest BCUT2D eigenvalue weighted by Crippen LogP contribution is 2.49. The molecule has 0 aliphatic heterocycles. The highest BCUT2D eigenvalue weighted by Gasteiger charge is 2.30. The maximum atomic E-state index is 5.19. The van der Waals surface area contributed by atoms with Gasteiger partial charge in [-0.05, 0) is 87.5 Å². The molecule has 3 nitrogen and oxygen atoms in total. The molecule has 8 aromatic carbocycles. The second-order valence-electron chi connectivity index (χ2n) is 14.1. The van der Waals surface area contributed by atoms with Gasteiger partial charge in [-0.15, -0.1) is 0 Å². The van der Waals surface area contributed by atoms with Crippen molar-refractivity contribution in [3.05, 3.63) is 211 Å². The number of para-hydroxylation sites is 3. The normalized spacial score (nSPS) is 13.4. The van der Waals surface area contributed by atoms with Crippen molar-refractivity contribution in [3.63, 3.8) is 0 Å². The lowest BCUT2D eigenvalue weighted by atomic mass is 9.88. The first-order valence-electron chi connectivity index (χ1n) is 18.5. The number of hydrogen-bond acceptors (Lipinski definition) is 2. The third-order valence-electron chi connectivity index (χ3n) is 11.1. The molecule has 0 amide bonds. The van der Waals surface area contributed by atoms with Crippen LogP contribution in [0.25, 0.3) is 83.3 Å². The Bertz CT molecular complexity index is 3050. The highest BCUT2D eigenvalue weighted by atomic mass is 15.0. The zero-order valence-corrected chi connectivity index (χ0v) is 29.4. The number of fused-ring (bicyclic) bond motifs is 7. The number of aromatic nitrogens is 3. The predicted octanol–water partition coefficient (Wildman–Crippen LogP) is 12.9. The monoisotopic (exact) mass is 687 g/mol. The van der Waals surface area contributed by atoms with E-state index >= 15 is 0 Å². The van der Waals surface area contributed by atoms with Gasteiger partial charge in [-0.2, -0.15) is 0 Å². The van der Waals surface area contributed by atoms with Gasteiger partial charge in [0.25, 0.3) is 0 Å². The molecule has 1 aliphatic rings. The first-order chi connectivity index (χ1) is 26.8. The lowest BCUT2D eigenvalue weighted by Gasteiger charge is -2.16. The second-order valence-corrected chi connectivity index (χ2v) is 14.1. The van der Waals surface area contributed by atoms with Crippen molar-refractivity contribution in [2.45, 2.75) is 5.92 Å². The standard InChI is InChI=1S/C51H33N3/c1-3-14-33(15-4-1)50-43-23-9-11-24-46(43)52-51(53-50)37-17-13-16-36(30-37)49-41-22-8-7-20-39(41)44-31-34(26-28-42(44)49)35-27-29-48-45(32-35)40-21-10-12-25-47(40)54(48)38-18-5-2-6-19-38/h1-32,49H. The van der Waals surface area contributed by atoms with Crippen LogP contribution in [-0.2, 0) is 0 Å². The minimum atomic E-state index is 0.102. The fourth-order valence-electron chi connectivity index (χ4n) is 8.63. The molecule has 0 saturated carbocycles. The van der Waals surface area contributed by atoms with Crippen molar-refractivity contribution >= 4 is 32.7 Å². The molecule has 2 aromatic heterocycles. The van der Waals surface area contributed by atoms with Crippen molar-refractivity contribution in [3.8, 4) is 50.6 Å². The molecular formula is C51H33N3. The van der Waals surface area contributed by atoms with Gasteiger partial charge < -0.3 is 4.57 Å². The maximum absolute atomic E-state index is 5.19. The summed E-state index contributed by atoms with van der Waals surface area (Å²) in [5.74, 6) is 0.839. The van der Waals surface area contributed by atoms with Crippen LogP contribution in [0.15, 0.2) is 194 Å². The van der Waals surface area contributed by atoms with Gasteiger partial charge in [0.1, 0.15) is 0 Å². The first kappa shape index (κ1) is 30.5. The van der Waals surface area contributed by atoms with E-state index in [0.717, 1.165) is 33.5 Å². The van der Waals surface area contributed by atoms with Gasteiger partial charge in [0.2, 0.25) is 0 Å². The van der Waals surface area contributed by atoms with Crippen LogP contribution in [0.2, 0.25) is 0 Å². The Morgan fingerprint density at radius 1 is 0.389 bits per heavy atom. The summed E-state index contributed by atoms with van der Waals surface area (Å²) in [5.41, 5.74) is 16.5. The Morgan fingerprint density at radius 3 is 1.94 bits per heavy atom. The summed E-state index contributed by atoms with van der Waals surface area (Å²) in [6, 6.07) is 69.8. The van der Waals surface area contributed by atoms with E-state index in [1.54, 1.807) is 0 Å². The van der Waals surface area contributed by atoms with Crippen LogP contribution in [0.1, 0.15) is 22.6 Å². The van der Waals surface area contributed by atoms with E-state index in [9.17, 15) is 0 Å². The van der Waals surface area contributed by atoms with E-state index in [2.05, 4.69) is 187 Å². The molecule has 0 spiro atoms. The predicted molar refractivity (Wildman–Crippen MR) is 223 cm³/mol.